The van der Waals surface area contributed by atoms with Gasteiger partial charge in [-0.15, -0.1) is 0 Å². The number of benzene rings is 1. The van der Waals surface area contributed by atoms with E-state index in [2.05, 4.69) is 0 Å². The van der Waals surface area contributed by atoms with Crippen LogP contribution in [0.4, 0.5) is 0 Å². The number of allylic oxidation sites excluding steroid dienone is 1. The summed E-state index contributed by atoms with van der Waals surface area (Å²) in [5.41, 5.74) is 0.462. The lowest BCUT2D eigenvalue weighted by Gasteiger charge is -2.14. The van der Waals surface area contributed by atoms with Crippen molar-refractivity contribution < 1.29 is 19.4 Å². The number of hydrogen-bond acceptors (Lipinski definition) is 4. The molecule has 0 amide bonds. The van der Waals surface area contributed by atoms with Gasteiger partial charge in [0.05, 0.1) is 12.7 Å². The first-order valence-corrected chi connectivity index (χ1v) is 4.32. The van der Waals surface area contributed by atoms with Crippen molar-refractivity contribution in [1.82, 2.24) is 0 Å². The molecule has 1 aromatic rings. The molecule has 0 unspecified atom stereocenters. The van der Waals surface area contributed by atoms with Gasteiger partial charge in [0.25, 0.3) is 0 Å². The number of carbonyl (C=O) groups excluding carboxylic acids is 2. The number of methoxy groups -OCH3 is 1. The lowest BCUT2D eigenvalue weighted by molar-refractivity contribution is -0.111. The summed E-state index contributed by atoms with van der Waals surface area (Å²) < 4.78 is 4.97. The molecule has 4 nitrogen and oxygen atoms in total. The van der Waals surface area contributed by atoms with Crippen molar-refractivity contribution in [2.75, 3.05) is 7.11 Å². The van der Waals surface area contributed by atoms with Crippen LogP contribution in [-0.4, -0.2) is 23.8 Å². The summed E-state index contributed by atoms with van der Waals surface area (Å²) in [4.78, 5) is 22.8. The largest absolute Gasteiger partial charge is 0.507 e. The molecule has 0 fully saturated rings. The molecule has 0 radical (unpaired) electrons. The molecule has 1 aliphatic carbocycles. The van der Waals surface area contributed by atoms with Gasteiger partial charge in [-0.1, -0.05) is 12.1 Å². The van der Waals surface area contributed by atoms with Crippen molar-refractivity contribution in [1.29, 1.82) is 0 Å². The summed E-state index contributed by atoms with van der Waals surface area (Å²) in [6, 6.07) is 4.78. The quantitative estimate of drug-likeness (QED) is 0.701. The summed E-state index contributed by atoms with van der Waals surface area (Å²) in [6.45, 7) is 0. The van der Waals surface area contributed by atoms with E-state index in [1.54, 1.807) is 18.2 Å². The Morgan fingerprint density at radius 3 is 2.67 bits per heavy atom. The number of fused-ring (bicyclic) bond motifs is 1. The van der Waals surface area contributed by atoms with E-state index < -0.39 is 11.6 Å². The summed E-state index contributed by atoms with van der Waals surface area (Å²) in [6.07, 6.45) is 0.921. The molecule has 0 heterocycles. The molecule has 0 aromatic heterocycles. The summed E-state index contributed by atoms with van der Waals surface area (Å²) in [5.74, 6) is -1.29. The highest BCUT2D eigenvalue weighted by molar-refractivity contribution is 6.50. The number of ether oxygens (including phenoxy) is 1. The van der Waals surface area contributed by atoms with Gasteiger partial charge in [-0.3, -0.25) is 9.59 Å². The Hall–Kier alpha value is -2.10. The Kier molecular flexibility index (Phi) is 2.04. The maximum absolute atomic E-state index is 11.6. The van der Waals surface area contributed by atoms with E-state index in [9.17, 15) is 14.7 Å². The predicted octanol–water partition coefficient (Wildman–Crippen LogP) is 1.36. The summed E-state index contributed by atoms with van der Waals surface area (Å²) >= 11 is 0. The number of hydrogen-bond donors (Lipinski definition) is 1. The minimum absolute atomic E-state index is 0.130. The molecule has 0 bridgehead atoms. The Labute approximate surface area is 85.8 Å². The van der Waals surface area contributed by atoms with Crippen LogP contribution in [-0.2, 0) is 4.79 Å². The monoisotopic (exact) mass is 204 g/mol. The van der Waals surface area contributed by atoms with Crippen molar-refractivity contribution in [3.05, 3.63) is 35.4 Å². The second-order valence-corrected chi connectivity index (χ2v) is 3.11. The van der Waals surface area contributed by atoms with Gasteiger partial charge in [-0.2, -0.15) is 0 Å². The molecule has 2 rings (SSSR count). The van der Waals surface area contributed by atoms with E-state index in [4.69, 9.17) is 4.74 Å². The topological polar surface area (TPSA) is 63.6 Å². The van der Waals surface area contributed by atoms with Gasteiger partial charge < -0.3 is 9.84 Å². The van der Waals surface area contributed by atoms with Crippen molar-refractivity contribution in [3.8, 4) is 5.75 Å². The van der Waals surface area contributed by atoms with E-state index >= 15 is 0 Å². The Bertz CT molecular complexity index is 485. The van der Waals surface area contributed by atoms with Gasteiger partial charge >= 0.3 is 0 Å². The molecule has 0 atom stereocenters. The van der Waals surface area contributed by atoms with Gasteiger partial charge in [0.1, 0.15) is 11.5 Å². The number of ketones is 2. The van der Waals surface area contributed by atoms with Crippen LogP contribution in [0.1, 0.15) is 15.9 Å². The molecule has 15 heavy (non-hydrogen) atoms. The van der Waals surface area contributed by atoms with E-state index in [0.29, 0.717) is 11.3 Å². The van der Waals surface area contributed by atoms with Crippen molar-refractivity contribution >= 4 is 17.3 Å². The van der Waals surface area contributed by atoms with Crippen molar-refractivity contribution in [3.63, 3.8) is 0 Å². The second kappa shape index (κ2) is 3.24. The summed E-state index contributed by atoms with van der Waals surface area (Å²) in [7, 11) is 1.41. The minimum atomic E-state index is -0.732. The van der Waals surface area contributed by atoms with Crippen LogP contribution in [0.5, 0.6) is 5.75 Å². The van der Waals surface area contributed by atoms with Gasteiger partial charge in [-0.25, -0.2) is 0 Å². The fraction of sp³-hybridized carbons (Fsp3) is 0.0909. The minimum Gasteiger partial charge on any atom is -0.507 e. The highest BCUT2D eigenvalue weighted by atomic mass is 16.5. The number of Topliss-reactive ketones (excluding diaryl/α,β-unsaturated/α-hetero) is 1. The molecule has 1 aliphatic rings. The van der Waals surface area contributed by atoms with E-state index in [1.807, 2.05) is 0 Å². The molecule has 1 N–H and O–H groups in total. The van der Waals surface area contributed by atoms with E-state index in [1.165, 1.54) is 7.11 Å². The van der Waals surface area contributed by atoms with E-state index in [0.717, 1.165) is 6.08 Å². The fourth-order valence-electron chi connectivity index (χ4n) is 1.54. The molecule has 0 saturated heterocycles. The molecule has 0 saturated carbocycles. The first-order chi connectivity index (χ1) is 7.15. The zero-order chi connectivity index (χ0) is 11.0. The van der Waals surface area contributed by atoms with Crippen molar-refractivity contribution in [2.24, 2.45) is 0 Å². The Morgan fingerprint density at radius 2 is 2.00 bits per heavy atom. The van der Waals surface area contributed by atoms with Crippen LogP contribution in [0, 0.1) is 0 Å². The van der Waals surface area contributed by atoms with Crippen LogP contribution in [0.15, 0.2) is 24.3 Å². The Morgan fingerprint density at radius 1 is 1.27 bits per heavy atom. The highest BCUT2D eigenvalue weighted by Gasteiger charge is 2.28. The lowest BCUT2D eigenvalue weighted by Crippen LogP contribution is -2.19. The third-order valence-electron chi connectivity index (χ3n) is 2.24. The average Bonchev–Trinajstić information content (AvgIpc) is 2.25. The molecule has 1 aromatic carbocycles. The molecular formula is C11H8O4. The Balaban J connectivity index is 2.75. The van der Waals surface area contributed by atoms with Crippen LogP contribution < -0.4 is 4.74 Å². The molecular weight excluding hydrogens is 196 g/mol. The smallest absolute Gasteiger partial charge is 0.237 e. The van der Waals surface area contributed by atoms with Gasteiger partial charge in [0.2, 0.25) is 11.6 Å². The van der Waals surface area contributed by atoms with Crippen molar-refractivity contribution in [2.45, 2.75) is 0 Å². The normalized spacial score (nSPS) is 14.6. The lowest BCUT2D eigenvalue weighted by atomic mass is 9.93. The maximum Gasteiger partial charge on any atom is 0.237 e. The number of aliphatic hydroxyl groups is 1. The number of carbonyl (C=O) groups is 2. The van der Waals surface area contributed by atoms with Crippen LogP contribution in [0.3, 0.4) is 0 Å². The van der Waals surface area contributed by atoms with Gasteiger partial charge in [0, 0.05) is 11.6 Å². The SMILES string of the molecule is COc1cccc2c1C(=O)C(=O)C=C2O. The predicted molar refractivity (Wildman–Crippen MR) is 52.9 cm³/mol. The number of rotatable bonds is 1. The standard InChI is InChI=1S/C11H8O4/c1-15-9-4-2-3-6-7(12)5-8(13)11(14)10(6)9/h2-5,12H,1H3. The van der Waals surface area contributed by atoms with Gasteiger partial charge in [0.15, 0.2) is 0 Å². The molecule has 0 spiro atoms. The van der Waals surface area contributed by atoms with E-state index in [-0.39, 0.29) is 11.3 Å². The zero-order valence-corrected chi connectivity index (χ0v) is 7.98. The van der Waals surface area contributed by atoms with Gasteiger partial charge in [-0.05, 0) is 6.07 Å². The second-order valence-electron chi connectivity index (χ2n) is 3.11. The zero-order valence-electron chi connectivity index (χ0n) is 7.98. The molecule has 76 valence electrons. The number of aliphatic hydroxyl groups excluding tert-OH is 1. The van der Waals surface area contributed by atoms with Crippen LogP contribution in [0.2, 0.25) is 0 Å². The first kappa shape index (κ1) is 9.45. The average molecular weight is 204 g/mol. The molecule has 0 aliphatic heterocycles. The fourth-order valence-corrected chi connectivity index (χ4v) is 1.54. The molecule has 4 heteroatoms. The van der Waals surface area contributed by atoms with Crippen LogP contribution in [0.25, 0.3) is 5.76 Å². The highest BCUT2D eigenvalue weighted by Crippen LogP contribution is 2.30. The third-order valence-corrected chi connectivity index (χ3v) is 2.24. The van der Waals surface area contributed by atoms with Crippen LogP contribution >= 0.6 is 0 Å². The third kappa shape index (κ3) is 1.30. The summed E-state index contributed by atoms with van der Waals surface area (Å²) in [5, 5.41) is 9.50. The maximum atomic E-state index is 11.6. The first-order valence-electron chi connectivity index (χ1n) is 4.32.